The first-order valence-electron chi connectivity index (χ1n) is 7.52. The van der Waals surface area contributed by atoms with Crippen LogP contribution >= 0.6 is 0 Å². The Labute approximate surface area is 118 Å². The Morgan fingerprint density at radius 2 is 1.84 bits per heavy atom. The molecule has 0 aromatic rings. The Bertz CT molecular complexity index is 312. The summed E-state index contributed by atoms with van der Waals surface area (Å²) >= 11 is 0. The quantitative estimate of drug-likeness (QED) is 0.855. The first-order chi connectivity index (χ1) is 8.49. The van der Waals surface area contributed by atoms with Gasteiger partial charge in [0.15, 0.2) is 0 Å². The maximum atomic E-state index is 12.3. The summed E-state index contributed by atoms with van der Waals surface area (Å²) in [7, 11) is 0. The maximum Gasteiger partial charge on any atom is 0.224 e. The van der Waals surface area contributed by atoms with Crippen molar-refractivity contribution in [1.29, 1.82) is 0 Å². The smallest absolute Gasteiger partial charge is 0.224 e. The van der Waals surface area contributed by atoms with Crippen LogP contribution in [0.1, 0.15) is 60.8 Å². The number of nitrogens with zero attached hydrogens (tertiary/aromatic N) is 1. The summed E-state index contributed by atoms with van der Waals surface area (Å²) in [6.07, 6.45) is 2.52. The van der Waals surface area contributed by atoms with Crippen molar-refractivity contribution >= 4 is 5.91 Å². The second-order valence-corrected chi connectivity index (χ2v) is 8.42. The minimum absolute atomic E-state index is 0.0128. The van der Waals surface area contributed by atoms with Gasteiger partial charge in [0.1, 0.15) is 0 Å². The molecule has 0 radical (unpaired) electrons. The van der Waals surface area contributed by atoms with Crippen molar-refractivity contribution in [3.05, 3.63) is 0 Å². The van der Waals surface area contributed by atoms with Crippen LogP contribution in [0.25, 0.3) is 0 Å². The predicted octanol–water partition coefficient (Wildman–Crippen LogP) is 3.03. The molecule has 0 aliphatic carbocycles. The molecule has 1 rings (SSSR count). The fourth-order valence-electron chi connectivity index (χ4n) is 2.91. The standard InChI is InChI=1S/C16H32N2O/c1-15(2,3)10-13(17)9-14(19)18-8-7-12(11-18)16(4,5)6/h12-13H,7-11,17H2,1-6H3. The number of hydrogen-bond acceptors (Lipinski definition) is 2. The van der Waals surface area contributed by atoms with Crippen LogP contribution in [0.3, 0.4) is 0 Å². The molecule has 0 bridgehead atoms. The maximum absolute atomic E-state index is 12.3. The van der Waals surface area contributed by atoms with Gasteiger partial charge >= 0.3 is 0 Å². The molecule has 112 valence electrons. The molecule has 3 nitrogen and oxygen atoms in total. The summed E-state index contributed by atoms with van der Waals surface area (Å²) in [6.45, 7) is 15.1. The molecule has 1 heterocycles. The Morgan fingerprint density at radius 1 is 1.26 bits per heavy atom. The lowest BCUT2D eigenvalue weighted by Gasteiger charge is -2.28. The van der Waals surface area contributed by atoms with Gasteiger partial charge in [0.25, 0.3) is 0 Å². The minimum atomic E-state index is -0.0128. The first-order valence-corrected chi connectivity index (χ1v) is 7.52. The van der Waals surface area contributed by atoms with E-state index in [2.05, 4.69) is 41.5 Å². The largest absolute Gasteiger partial charge is 0.342 e. The zero-order chi connectivity index (χ0) is 14.8. The third-order valence-corrected chi connectivity index (χ3v) is 4.08. The number of nitrogens with two attached hydrogens (primary N) is 1. The fourth-order valence-corrected chi connectivity index (χ4v) is 2.91. The van der Waals surface area contributed by atoms with Crippen molar-refractivity contribution in [3.8, 4) is 0 Å². The van der Waals surface area contributed by atoms with E-state index in [9.17, 15) is 4.79 Å². The van der Waals surface area contributed by atoms with Gasteiger partial charge in [-0.2, -0.15) is 0 Å². The van der Waals surface area contributed by atoms with Crippen LogP contribution in [0, 0.1) is 16.7 Å². The molecular weight excluding hydrogens is 236 g/mol. The molecule has 0 saturated carbocycles. The summed E-state index contributed by atoms with van der Waals surface area (Å²) in [5.41, 5.74) is 6.59. The van der Waals surface area contributed by atoms with Crippen molar-refractivity contribution in [3.63, 3.8) is 0 Å². The molecule has 1 aliphatic heterocycles. The van der Waals surface area contributed by atoms with Crippen LogP contribution in [0.5, 0.6) is 0 Å². The summed E-state index contributed by atoms with van der Waals surface area (Å²) in [4.78, 5) is 14.3. The highest BCUT2D eigenvalue weighted by molar-refractivity contribution is 5.77. The monoisotopic (exact) mass is 268 g/mol. The molecule has 0 aromatic heterocycles. The molecule has 3 heteroatoms. The van der Waals surface area contributed by atoms with Gasteiger partial charge in [-0.05, 0) is 29.6 Å². The van der Waals surface area contributed by atoms with Crippen molar-refractivity contribution in [2.75, 3.05) is 13.1 Å². The number of likely N-dealkylation sites (tertiary alicyclic amines) is 1. The Hall–Kier alpha value is -0.570. The van der Waals surface area contributed by atoms with Crippen LogP contribution in [0.2, 0.25) is 0 Å². The zero-order valence-electron chi connectivity index (χ0n) is 13.6. The van der Waals surface area contributed by atoms with Gasteiger partial charge in [-0.3, -0.25) is 4.79 Å². The summed E-state index contributed by atoms with van der Waals surface area (Å²) in [5.74, 6) is 0.860. The van der Waals surface area contributed by atoms with E-state index < -0.39 is 0 Å². The summed E-state index contributed by atoms with van der Waals surface area (Å²) < 4.78 is 0. The van der Waals surface area contributed by atoms with E-state index in [-0.39, 0.29) is 17.4 Å². The number of carbonyl (C=O) groups is 1. The van der Waals surface area contributed by atoms with Crippen LogP contribution in [-0.2, 0) is 4.79 Å². The molecule has 1 amide bonds. The van der Waals surface area contributed by atoms with Gasteiger partial charge in [0.2, 0.25) is 5.91 Å². The molecular formula is C16H32N2O. The highest BCUT2D eigenvalue weighted by atomic mass is 16.2. The molecule has 2 N–H and O–H groups in total. The Morgan fingerprint density at radius 3 is 2.26 bits per heavy atom. The van der Waals surface area contributed by atoms with Crippen molar-refractivity contribution in [2.24, 2.45) is 22.5 Å². The van der Waals surface area contributed by atoms with Crippen LogP contribution in [-0.4, -0.2) is 29.9 Å². The lowest BCUT2D eigenvalue weighted by molar-refractivity contribution is -0.130. The molecule has 1 fully saturated rings. The van der Waals surface area contributed by atoms with E-state index in [1.165, 1.54) is 0 Å². The summed E-state index contributed by atoms with van der Waals surface area (Å²) in [6, 6.07) is -0.0128. The van der Waals surface area contributed by atoms with E-state index in [1.54, 1.807) is 0 Å². The molecule has 19 heavy (non-hydrogen) atoms. The SMILES string of the molecule is CC(C)(C)CC(N)CC(=O)N1CCC(C(C)(C)C)C1. The van der Waals surface area contributed by atoms with E-state index in [1.807, 2.05) is 4.90 Å². The average molecular weight is 268 g/mol. The minimum Gasteiger partial charge on any atom is -0.342 e. The normalized spacial score (nSPS) is 22.7. The number of amides is 1. The molecule has 0 aromatic carbocycles. The number of carbonyl (C=O) groups excluding carboxylic acids is 1. The van der Waals surface area contributed by atoms with E-state index in [0.717, 1.165) is 25.9 Å². The third-order valence-electron chi connectivity index (χ3n) is 4.08. The van der Waals surface area contributed by atoms with E-state index >= 15 is 0 Å². The molecule has 1 aliphatic rings. The Balaban J connectivity index is 2.44. The average Bonchev–Trinajstić information content (AvgIpc) is 2.61. The van der Waals surface area contributed by atoms with Crippen LogP contribution in [0.4, 0.5) is 0 Å². The molecule has 1 saturated heterocycles. The first kappa shape index (κ1) is 16.5. The van der Waals surface area contributed by atoms with Gasteiger partial charge in [-0.1, -0.05) is 41.5 Å². The Kier molecular flexibility index (Phi) is 5.05. The molecule has 0 spiro atoms. The second-order valence-electron chi connectivity index (χ2n) is 8.42. The van der Waals surface area contributed by atoms with E-state index in [0.29, 0.717) is 17.8 Å². The van der Waals surface area contributed by atoms with E-state index in [4.69, 9.17) is 5.73 Å². The van der Waals surface area contributed by atoms with Gasteiger partial charge in [-0.15, -0.1) is 0 Å². The highest BCUT2D eigenvalue weighted by Gasteiger charge is 2.34. The van der Waals surface area contributed by atoms with Gasteiger partial charge in [0, 0.05) is 25.6 Å². The zero-order valence-corrected chi connectivity index (χ0v) is 13.6. The van der Waals surface area contributed by atoms with Crippen LogP contribution in [0.15, 0.2) is 0 Å². The molecule has 2 unspecified atom stereocenters. The molecule has 2 atom stereocenters. The fraction of sp³-hybridized carbons (Fsp3) is 0.938. The highest BCUT2D eigenvalue weighted by Crippen LogP contribution is 2.34. The van der Waals surface area contributed by atoms with Gasteiger partial charge < -0.3 is 10.6 Å². The van der Waals surface area contributed by atoms with Crippen molar-refractivity contribution < 1.29 is 4.79 Å². The topological polar surface area (TPSA) is 46.3 Å². The number of rotatable bonds is 3. The third kappa shape index (κ3) is 5.52. The lowest BCUT2D eigenvalue weighted by atomic mass is 9.80. The predicted molar refractivity (Wildman–Crippen MR) is 80.8 cm³/mol. The van der Waals surface area contributed by atoms with Crippen molar-refractivity contribution in [1.82, 2.24) is 4.90 Å². The van der Waals surface area contributed by atoms with Crippen LogP contribution < -0.4 is 5.73 Å². The van der Waals surface area contributed by atoms with Gasteiger partial charge in [0.05, 0.1) is 0 Å². The second kappa shape index (κ2) is 5.82. The van der Waals surface area contributed by atoms with Crippen molar-refractivity contribution in [2.45, 2.75) is 66.8 Å². The summed E-state index contributed by atoms with van der Waals surface area (Å²) in [5, 5.41) is 0. The number of hydrogen-bond donors (Lipinski definition) is 1. The van der Waals surface area contributed by atoms with Gasteiger partial charge in [-0.25, -0.2) is 0 Å². The lowest BCUT2D eigenvalue weighted by Crippen LogP contribution is -2.37.